The molecule has 1 aromatic heterocycles. The molecule has 5 heteroatoms. The molecule has 2 aliphatic rings. The molecule has 2 aromatic rings. The number of fused-ring (bicyclic) bond motifs is 2. The number of ketones is 1. The monoisotopic (exact) mass is 324 g/mol. The number of carbonyl (C=O) groups excluding carboxylic acids is 2. The van der Waals surface area contributed by atoms with E-state index in [9.17, 15) is 14.0 Å². The largest absolute Gasteiger partial charge is 0.345 e. The first-order valence-electron chi connectivity index (χ1n) is 8.23. The van der Waals surface area contributed by atoms with E-state index in [2.05, 4.69) is 10.3 Å². The molecule has 0 radical (unpaired) electrons. The Hall–Kier alpha value is -2.56. The lowest BCUT2D eigenvalue weighted by Crippen LogP contribution is -2.28. The lowest BCUT2D eigenvalue weighted by Gasteiger charge is -2.17. The zero-order valence-electron chi connectivity index (χ0n) is 13.1. The maximum Gasteiger partial charge on any atom is 0.253 e. The number of Topliss-reactive ketones (excluding diaryl/α,β-unsaturated/α-hetero) is 1. The number of nitrogens with zero attached hydrogens (tertiary/aromatic N) is 1. The van der Waals surface area contributed by atoms with Gasteiger partial charge in [-0.15, -0.1) is 0 Å². The molecule has 24 heavy (non-hydrogen) atoms. The third-order valence-electron chi connectivity index (χ3n) is 4.84. The van der Waals surface area contributed by atoms with E-state index in [4.69, 9.17) is 0 Å². The normalized spacial score (nSPS) is 18.9. The van der Waals surface area contributed by atoms with Crippen LogP contribution in [-0.2, 0) is 12.8 Å². The highest BCUT2D eigenvalue weighted by Crippen LogP contribution is 2.32. The summed E-state index contributed by atoms with van der Waals surface area (Å²) < 4.78 is 13.5. The van der Waals surface area contributed by atoms with Gasteiger partial charge in [-0.3, -0.25) is 14.6 Å². The van der Waals surface area contributed by atoms with Gasteiger partial charge in [-0.25, -0.2) is 4.39 Å². The quantitative estimate of drug-likeness (QED) is 0.923. The van der Waals surface area contributed by atoms with Gasteiger partial charge in [0.05, 0.1) is 17.3 Å². The van der Waals surface area contributed by atoms with Crippen molar-refractivity contribution in [3.63, 3.8) is 0 Å². The number of amides is 1. The number of hydrogen-bond acceptors (Lipinski definition) is 3. The number of halogens is 1. The molecule has 0 aliphatic heterocycles. The van der Waals surface area contributed by atoms with Gasteiger partial charge < -0.3 is 5.32 Å². The molecule has 4 rings (SSSR count). The molecule has 1 amide bonds. The number of hydrogen-bond donors (Lipinski definition) is 1. The van der Waals surface area contributed by atoms with E-state index < -0.39 is 0 Å². The third-order valence-corrected chi connectivity index (χ3v) is 4.84. The molecule has 0 bridgehead atoms. The van der Waals surface area contributed by atoms with Crippen LogP contribution in [0, 0.1) is 5.82 Å². The number of rotatable bonds is 2. The number of benzene rings is 1. The van der Waals surface area contributed by atoms with Gasteiger partial charge in [0.15, 0.2) is 5.78 Å². The van der Waals surface area contributed by atoms with E-state index in [1.165, 1.54) is 18.3 Å². The number of pyridine rings is 1. The van der Waals surface area contributed by atoms with Gasteiger partial charge in [-0.05, 0) is 55.0 Å². The molecule has 1 unspecified atom stereocenters. The molecule has 1 heterocycles. The molecule has 0 fully saturated rings. The average molecular weight is 324 g/mol. The zero-order chi connectivity index (χ0) is 16.7. The highest BCUT2D eigenvalue weighted by Gasteiger charge is 2.26. The number of nitrogens with one attached hydrogen (secondary N) is 1. The minimum atomic E-state index is -0.295. The summed E-state index contributed by atoms with van der Waals surface area (Å²) in [4.78, 5) is 28.8. The molecular weight excluding hydrogens is 307 g/mol. The predicted molar refractivity (Wildman–Crippen MR) is 86.4 cm³/mol. The zero-order valence-corrected chi connectivity index (χ0v) is 13.1. The first-order valence-corrected chi connectivity index (χ1v) is 8.23. The summed E-state index contributed by atoms with van der Waals surface area (Å²) in [5, 5.41) is 2.94. The average Bonchev–Trinajstić information content (AvgIpc) is 2.97. The maximum absolute atomic E-state index is 13.5. The fraction of sp³-hybridized carbons (Fsp3) is 0.316. The van der Waals surface area contributed by atoms with Crippen LogP contribution < -0.4 is 5.32 Å². The molecule has 0 saturated heterocycles. The van der Waals surface area contributed by atoms with Crippen LogP contribution in [0.5, 0.6) is 0 Å². The SMILES string of the molecule is O=C(NC1CCc2ccc(F)cc21)c1cnc2c(c1)C(=O)CCC2. The van der Waals surface area contributed by atoms with Crippen molar-refractivity contribution in [2.45, 2.75) is 38.1 Å². The molecular formula is C19H17FN2O2. The Morgan fingerprint density at radius 2 is 2.08 bits per heavy atom. The van der Waals surface area contributed by atoms with Crippen molar-refractivity contribution >= 4 is 11.7 Å². The second-order valence-corrected chi connectivity index (χ2v) is 6.40. The summed E-state index contributed by atoms with van der Waals surface area (Å²) in [6.45, 7) is 0. The van der Waals surface area contributed by atoms with E-state index in [-0.39, 0.29) is 23.5 Å². The summed E-state index contributed by atoms with van der Waals surface area (Å²) in [5.41, 5.74) is 3.63. The topological polar surface area (TPSA) is 59.1 Å². The van der Waals surface area contributed by atoms with Crippen molar-refractivity contribution in [2.24, 2.45) is 0 Å². The van der Waals surface area contributed by atoms with Crippen LogP contribution in [0.25, 0.3) is 0 Å². The van der Waals surface area contributed by atoms with Gasteiger partial charge in [-0.1, -0.05) is 6.07 Å². The maximum atomic E-state index is 13.5. The van der Waals surface area contributed by atoms with Crippen molar-refractivity contribution in [1.82, 2.24) is 10.3 Å². The third kappa shape index (κ3) is 2.60. The van der Waals surface area contributed by atoms with Gasteiger partial charge in [0.1, 0.15) is 5.82 Å². The smallest absolute Gasteiger partial charge is 0.253 e. The highest BCUT2D eigenvalue weighted by atomic mass is 19.1. The fourth-order valence-electron chi connectivity index (χ4n) is 3.57. The molecule has 2 aliphatic carbocycles. The molecule has 1 aromatic carbocycles. The molecule has 4 nitrogen and oxygen atoms in total. The van der Waals surface area contributed by atoms with Gasteiger partial charge in [0.2, 0.25) is 0 Å². The van der Waals surface area contributed by atoms with Crippen molar-refractivity contribution in [2.75, 3.05) is 0 Å². The summed E-state index contributed by atoms with van der Waals surface area (Å²) >= 11 is 0. The van der Waals surface area contributed by atoms with Crippen LogP contribution in [0.3, 0.4) is 0 Å². The van der Waals surface area contributed by atoms with Crippen LogP contribution in [0.1, 0.15) is 62.8 Å². The number of aromatic nitrogens is 1. The Kier molecular flexibility index (Phi) is 3.63. The molecule has 0 spiro atoms. The minimum absolute atomic E-state index is 0.0479. The Labute approximate surface area is 139 Å². The Bertz CT molecular complexity index is 847. The van der Waals surface area contributed by atoms with E-state index in [0.29, 0.717) is 17.5 Å². The highest BCUT2D eigenvalue weighted by molar-refractivity contribution is 6.01. The van der Waals surface area contributed by atoms with Crippen molar-refractivity contribution in [3.05, 3.63) is 64.2 Å². The van der Waals surface area contributed by atoms with Crippen LogP contribution in [-0.4, -0.2) is 16.7 Å². The molecule has 1 N–H and O–H groups in total. The fourth-order valence-corrected chi connectivity index (χ4v) is 3.57. The first-order chi connectivity index (χ1) is 11.6. The van der Waals surface area contributed by atoms with E-state index >= 15 is 0 Å². The predicted octanol–water partition coefficient (Wildman–Crippen LogP) is 3.16. The summed E-state index contributed by atoms with van der Waals surface area (Å²) in [6, 6.07) is 6.15. The van der Waals surface area contributed by atoms with Crippen LogP contribution in [0.15, 0.2) is 30.5 Å². The van der Waals surface area contributed by atoms with E-state index in [1.54, 1.807) is 12.1 Å². The van der Waals surface area contributed by atoms with Crippen LogP contribution in [0.2, 0.25) is 0 Å². The first kappa shape index (κ1) is 15.0. The number of carbonyl (C=O) groups is 2. The molecule has 122 valence electrons. The minimum Gasteiger partial charge on any atom is -0.345 e. The second-order valence-electron chi connectivity index (χ2n) is 6.40. The second kappa shape index (κ2) is 5.82. The van der Waals surface area contributed by atoms with Crippen molar-refractivity contribution < 1.29 is 14.0 Å². The summed E-state index contributed by atoms with van der Waals surface area (Å²) in [5.74, 6) is -0.520. The van der Waals surface area contributed by atoms with E-state index in [1.807, 2.05) is 0 Å². The Morgan fingerprint density at radius 1 is 1.21 bits per heavy atom. The van der Waals surface area contributed by atoms with Crippen molar-refractivity contribution in [3.8, 4) is 0 Å². The Balaban J connectivity index is 1.57. The van der Waals surface area contributed by atoms with Crippen LogP contribution >= 0.6 is 0 Å². The summed E-state index contributed by atoms with van der Waals surface area (Å²) in [7, 11) is 0. The molecule has 1 atom stereocenters. The van der Waals surface area contributed by atoms with Gasteiger partial charge in [0, 0.05) is 18.2 Å². The number of aryl methyl sites for hydroxylation is 2. The standard InChI is InChI=1S/C19H17FN2O2/c20-13-6-4-11-5-7-17(14(11)9-13)22-19(24)12-8-15-16(21-10-12)2-1-3-18(15)23/h4,6,8-10,17H,1-3,5,7H2,(H,22,24). The van der Waals surface area contributed by atoms with Gasteiger partial charge >= 0.3 is 0 Å². The lowest BCUT2D eigenvalue weighted by molar-refractivity contribution is 0.0936. The Morgan fingerprint density at radius 3 is 2.96 bits per heavy atom. The van der Waals surface area contributed by atoms with Gasteiger partial charge in [0.25, 0.3) is 5.91 Å². The lowest BCUT2D eigenvalue weighted by atomic mass is 9.94. The van der Waals surface area contributed by atoms with Gasteiger partial charge in [-0.2, -0.15) is 0 Å². The van der Waals surface area contributed by atoms with Crippen molar-refractivity contribution in [1.29, 1.82) is 0 Å². The summed E-state index contributed by atoms with van der Waals surface area (Å²) in [6.07, 6.45) is 5.19. The van der Waals surface area contributed by atoms with E-state index in [0.717, 1.165) is 42.5 Å². The van der Waals surface area contributed by atoms with Crippen LogP contribution in [0.4, 0.5) is 4.39 Å². The molecule has 0 saturated carbocycles.